The molecule has 0 saturated heterocycles. The number of ether oxygens (including phenoxy) is 2. The number of nitrogens with one attached hydrogen (secondary N) is 2. The predicted octanol–water partition coefficient (Wildman–Crippen LogP) is 2.37. The highest BCUT2D eigenvalue weighted by molar-refractivity contribution is 5.67. The number of rotatable bonds is 8. The largest absolute Gasteiger partial charge is 0.445 e. The van der Waals surface area contributed by atoms with Gasteiger partial charge in [-0.2, -0.15) is 0 Å². The van der Waals surface area contributed by atoms with Crippen molar-refractivity contribution in [1.29, 1.82) is 0 Å². The molecule has 0 atom stereocenters. The molecular weight excluding hydrogens is 322 g/mol. The third kappa shape index (κ3) is 10.2. The quantitative estimate of drug-likeness (QED) is 0.703. The molecule has 7 nitrogen and oxygen atoms in total. The maximum absolute atomic E-state index is 11.8. The monoisotopic (exact) mass is 351 g/mol. The zero-order valence-electron chi connectivity index (χ0n) is 15.5. The van der Waals surface area contributed by atoms with E-state index in [-0.39, 0.29) is 12.7 Å². The lowest BCUT2D eigenvalue weighted by Crippen LogP contribution is -2.39. The summed E-state index contributed by atoms with van der Waals surface area (Å²) in [6.45, 7) is 7.91. The van der Waals surface area contributed by atoms with Gasteiger partial charge in [0.1, 0.15) is 12.2 Å². The number of amides is 2. The van der Waals surface area contributed by atoms with Crippen molar-refractivity contribution >= 4 is 12.2 Å². The predicted molar refractivity (Wildman–Crippen MR) is 96.4 cm³/mol. The number of carbonyl (C=O) groups is 2. The van der Waals surface area contributed by atoms with Crippen LogP contribution in [0.4, 0.5) is 9.59 Å². The van der Waals surface area contributed by atoms with Crippen molar-refractivity contribution in [3.8, 4) is 0 Å². The number of hydrogen-bond acceptors (Lipinski definition) is 5. The van der Waals surface area contributed by atoms with E-state index >= 15 is 0 Å². The molecule has 2 amide bonds. The van der Waals surface area contributed by atoms with Gasteiger partial charge in [-0.15, -0.1) is 0 Å². The Balaban J connectivity index is 2.04. The van der Waals surface area contributed by atoms with E-state index in [4.69, 9.17) is 9.47 Å². The van der Waals surface area contributed by atoms with E-state index in [1.54, 1.807) is 7.05 Å². The van der Waals surface area contributed by atoms with Crippen molar-refractivity contribution in [2.75, 3.05) is 33.2 Å². The van der Waals surface area contributed by atoms with Crippen LogP contribution in [0.3, 0.4) is 0 Å². The van der Waals surface area contributed by atoms with Gasteiger partial charge in [0.25, 0.3) is 0 Å². The minimum atomic E-state index is -0.497. The van der Waals surface area contributed by atoms with Gasteiger partial charge in [0.05, 0.1) is 0 Å². The lowest BCUT2D eigenvalue weighted by atomic mass is 10.2. The molecule has 0 aliphatic carbocycles. The molecule has 2 N–H and O–H groups in total. The maximum Gasteiger partial charge on any atom is 0.410 e. The Morgan fingerprint density at radius 2 is 1.76 bits per heavy atom. The first-order valence-electron chi connectivity index (χ1n) is 8.37. The van der Waals surface area contributed by atoms with Crippen molar-refractivity contribution in [2.45, 2.75) is 33.0 Å². The van der Waals surface area contributed by atoms with Crippen molar-refractivity contribution in [1.82, 2.24) is 15.5 Å². The maximum atomic E-state index is 11.8. The summed E-state index contributed by atoms with van der Waals surface area (Å²) in [5, 5.41) is 5.81. The Morgan fingerprint density at radius 3 is 2.40 bits per heavy atom. The first kappa shape index (κ1) is 20.8. The topological polar surface area (TPSA) is 79.9 Å². The fourth-order valence-electron chi connectivity index (χ4n) is 1.83. The molecule has 25 heavy (non-hydrogen) atoms. The second-order valence-electron chi connectivity index (χ2n) is 6.64. The summed E-state index contributed by atoms with van der Waals surface area (Å²) >= 11 is 0. The summed E-state index contributed by atoms with van der Waals surface area (Å²) in [7, 11) is 1.69. The van der Waals surface area contributed by atoms with Gasteiger partial charge in [-0.3, -0.25) is 0 Å². The summed E-state index contributed by atoms with van der Waals surface area (Å²) in [6, 6.07) is 9.51. The number of benzene rings is 1. The molecule has 0 aliphatic rings. The van der Waals surface area contributed by atoms with E-state index in [0.717, 1.165) is 5.56 Å². The normalized spacial score (nSPS) is 10.9. The van der Waals surface area contributed by atoms with Crippen LogP contribution in [0.1, 0.15) is 26.3 Å². The van der Waals surface area contributed by atoms with Gasteiger partial charge in [0.15, 0.2) is 0 Å². The zero-order valence-corrected chi connectivity index (χ0v) is 15.5. The molecule has 1 aromatic carbocycles. The molecule has 1 aromatic rings. The van der Waals surface area contributed by atoms with Crippen LogP contribution in [-0.2, 0) is 16.1 Å². The number of carbonyl (C=O) groups excluding carboxylic acids is 2. The van der Waals surface area contributed by atoms with Gasteiger partial charge >= 0.3 is 12.2 Å². The third-order valence-electron chi connectivity index (χ3n) is 3.11. The number of nitrogens with zero attached hydrogens (tertiary/aromatic N) is 1. The van der Waals surface area contributed by atoms with Gasteiger partial charge in [-0.05, 0) is 26.3 Å². The Hall–Kier alpha value is -2.28. The highest BCUT2D eigenvalue weighted by Gasteiger charge is 2.18. The number of likely N-dealkylation sites (N-methyl/N-ethyl adjacent to an activating group) is 1. The molecule has 7 heteroatoms. The average molecular weight is 351 g/mol. The molecule has 0 radical (unpaired) electrons. The van der Waals surface area contributed by atoms with Crippen LogP contribution in [0, 0.1) is 0 Å². The lowest BCUT2D eigenvalue weighted by molar-refractivity contribution is 0.0300. The van der Waals surface area contributed by atoms with Crippen molar-refractivity contribution in [3.63, 3.8) is 0 Å². The Bertz CT molecular complexity index is 529. The summed E-state index contributed by atoms with van der Waals surface area (Å²) in [5.41, 5.74) is 0.448. The Kier molecular flexibility index (Phi) is 8.77. The van der Waals surface area contributed by atoms with Crippen LogP contribution in [0.25, 0.3) is 0 Å². The minimum absolute atomic E-state index is 0.251. The average Bonchev–Trinajstić information content (AvgIpc) is 2.55. The smallest absolute Gasteiger partial charge is 0.410 e. The SMILES string of the molecule is CN(CCNCCNC(=O)OCc1ccccc1)C(=O)OC(C)(C)C. The fourth-order valence-corrected chi connectivity index (χ4v) is 1.83. The summed E-state index contributed by atoms with van der Waals surface area (Å²) < 4.78 is 10.4. The van der Waals surface area contributed by atoms with Crippen LogP contribution in [0.5, 0.6) is 0 Å². The van der Waals surface area contributed by atoms with E-state index in [1.807, 2.05) is 51.1 Å². The van der Waals surface area contributed by atoms with E-state index in [1.165, 1.54) is 4.90 Å². The van der Waals surface area contributed by atoms with Gasteiger partial charge in [-0.1, -0.05) is 30.3 Å². The van der Waals surface area contributed by atoms with Crippen molar-refractivity contribution in [2.24, 2.45) is 0 Å². The van der Waals surface area contributed by atoms with Crippen molar-refractivity contribution < 1.29 is 19.1 Å². The molecule has 0 spiro atoms. The first-order chi connectivity index (χ1) is 11.8. The molecule has 0 bridgehead atoms. The van der Waals surface area contributed by atoms with Crippen molar-refractivity contribution in [3.05, 3.63) is 35.9 Å². The summed E-state index contributed by atoms with van der Waals surface area (Å²) in [6.07, 6.45) is -0.798. The Morgan fingerprint density at radius 1 is 1.08 bits per heavy atom. The molecule has 0 aliphatic heterocycles. The van der Waals surface area contributed by atoms with Gasteiger partial charge < -0.3 is 25.0 Å². The second kappa shape index (κ2) is 10.6. The molecule has 0 aromatic heterocycles. The van der Waals surface area contributed by atoms with E-state index in [9.17, 15) is 9.59 Å². The molecule has 140 valence electrons. The molecule has 0 unspecified atom stereocenters. The van der Waals surface area contributed by atoms with Gasteiger partial charge in [0.2, 0.25) is 0 Å². The molecule has 0 saturated carbocycles. The summed E-state index contributed by atoms with van der Waals surface area (Å²) in [5.74, 6) is 0. The van der Waals surface area contributed by atoms with E-state index in [2.05, 4.69) is 10.6 Å². The highest BCUT2D eigenvalue weighted by atomic mass is 16.6. The van der Waals surface area contributed by atoms with E-state index in [0.29, 0.717) is 26.2 Å². The molecule has 0 heterocycles. The second-order valence-corrected chi connectivity index (χ2v) is 6.64. The van der Waals surface area contributed by atoms with Crippen LogP contribution in [-0.4, -0.2) is 55.9 Å². The first-order valence-corrected chi connectivity index (χ1v) is 8.37. The number of alkyl carbamates (subject to hydrolysis) is 1. The van der Waals surface area contributed by atoms with Crippen LogP contribution < -0.4 is 10.6 Å². The van der Waals surface area contributed by atoms with Crippen LogP contribution in [0.2, 0.25) is 0 Å². The van der Waals surface area contributed by atoms with E-state index < -0.39 is 11.7 Å². The number of hydrogen-bond donors (Lipinski definition) is 2. The van der Waals surface area contributed by atoms with Gasteiger partial charge in [-0.25, -0.2) is 9.59 Å². The third-order valence-corrected chi connectivity index (χ3v) is 3.11. The highest BCUT2D eigenvalue weighted by Crippen LogP contribution is 2.08. The zero-order chi connectivity index (χ0) is 18.7. The van der Waals surface area contributed by atoms with Crippen LogP contribution in [0.15, 0.2) is 30.3 Å². The molecule has 0 fully saturated rings. The fraction of sp³-hybridized carbons (Fsp3) is 0.556. The standard InChI is InChI=1S/C18H29N3O4/c1-18(2,3)25-17(23)21(4)13-12-19-10-11-20-16(22)24-14-15-8-6-5-7-9-15/h5-9,19H,10-14H2,1-4H3,(H,20,22). The summed E-state index contributed by atoms with van der Waals surface area (Å²) in [4.78, 5) is 24.8. The minimum Gasteiger partial charge on any atom is -0.445 e. The van der Waals surface area contributed by atoms with Crippen LogP contribution >= 0.6 is 0 Å². The molecular formula is C18H29N3O4. The Labute approximate surface area is 149 Å². The lowest BCUT2D eigenvalue weighted by Gasteiger charge is -2.24. The molecule has 1 rings (SSSR count). The van der Waals surface area contributed by atoms with Gasteiger partial charge in [0, 0.05) is 33.2 Å².